The molecule has 0 atom stereocenters. The van der Waals surface area contributed by atoms with Crippen molar-refractivity contribution in [3.05, 3.63) is 137 Å². The van der Waals surface area contributed by atoms with Crippen LogP contribution in [0.5, 0.6) is 0 Å². The Hall–Kier alpha value is -4.50. The van der Waals surface area contributed by atoms with E-state index in [4.69, 9.17) is 0 Å². The molecule has 4 aromatic rings. The van der Waals surface area contributed by atoms with Crippen molar-refractivity contribution < 1.29 is 14.7 Å². The highest BCUT2D eigenvalue weighted by atomic mass is 16.3. The molecule has 0 saturated carbocycles. The summed E-state index contributed by atoms with van der Waals surface area (Å²) < 4.78 is 0. The second-order valence-electron chi connectivity index (χ2n) is 8.77. The van der Waals surface area contributed by atoms with Gasteiger partial charge in [0.15, 0.2) is 11.6 Å². The van der Waals surface area contributed by atoms with E-state index >= 15 is 0 Å². The van der Waals surface area contributed by atoms with Crippen molar-refractivity contribution >= 4 is 38.9 Å². The standard InChI is InChI=1S/C32H24O3/c1-20(30(33)27-17-23-12-7-6-11-22(23)16-21(27)2)10-4-3-5-15-26-31(34)28-18-24-13-8-9-14-25(24)19-29(28)32(26)35/h3-19,34H,1-2H3/b4-3+,15-5+,20-10+. The lowest BCUT2D eigenvalue weighted by Crippen LogP contribution is -2.03. The molecule has 4 aromatic carbocycles. The van der Waals surface area contributed by atoms with Crippen molar-refractivity contribution in [2.75, 3.05) is 0 Å². The molecular weight excluding hydrogens is 432 g/mol. The van der Waals surface area contributed by atoms with E-state index in [1.54, 1.807) is 37.3 Å². The zero-order chi connectivity index (χ0) is 24.5. The van der Waals surface area contributed by atoms with E-state index in [1.807, 2.05) is 79.7 Å². The van der Waals surface area contributed by atoms with Crippen LogP contribution in [0.4, 0.5) is 0 Å². The van der Waals surface area contributed by atoms with Gasteiger partial charge in [0.05, 0.1) is 5.57 Å². The Morgan fingerprint density at radius 3 is 2.00 bits per heavy atom. The Bertz CT molecular complexity index is 1640. The van der Waals surface area contributed by atoms with Crippen molar-refractivity contribution in [3.63, 3.8) is 0 Å². The molecule has 0 fully saturated rings. The van der Waals surface area contributed by atoms with E-state index in [9.17, 15) is 14.7 Å². The highest BCUT2D eigenvalue weighted by molar-refractivity contribution is 6.22. The summed E-state index contributed by atoms with van der Waals surface area (Å²) in [6, 6.07) is 23.4. The van der Waals surface area contributed by atoms with Gasteiger partial charge in [-0.1, -0.05) is 78.9 Å². The van der Waals surface area contributed by atoms with Crippen molar-refractivity contribution in [2.45, 2.75) is 13.8 Å². The molecule has 0 unspecified atom stereocenters. The number of benzene rings is 4. The van der Waals surface area contributed by atoms with Crippen LogP contribution in [-0.2, 0) is 0 Å². The van der Waals surface area contributed by atoms with Crippen LogP contribution in [0.2, 0.25) is 0 Å². The number of allylic oxidation sites excluding steroid dienone is 7. The summed E-state index contributed by atoms with van der Waals surface area (Å²) >= 11 is 0. The van der Waals surface area contributed by atoms with Crippen LogP contribution < -0.4 is 0 Å². The third-order valence-corrected chi connectivity index (χ3v) is 6.41. The summed E-state index contributed by atoms with van der Waals surface area (Å²) in [4.78, 5) is 25.8. The minimum Gasteiger partial charge on any atom is -0.507 e. The molecule has 0 aromatic heterocycles. The molecule has 1 aliphatic rings. The summed E-state index contributed by atoms with van der Waals surface area (Å²) in [5, 5.41) is 14.7. The Balaban J connectivity index is 1.33. The van der Waals surface area contributed by atoms with Crippen LogP contribution in [0, 0.1) is 6.92 Å². The molecule has 0 bridgehead atoms. The van der Waals surface area contributed by atoms with Crippen LogP contribution in [0.3, 0.4) is 0 Å². The Kier molecular flexibility index (Phi) is 5.76. The fourth-order valence-electron chi connectivity index (χ4n) is 4.48. The first kappa shape index (κ1) is 22.3. The molecule has 0 radical (unpaired) electrons. The van der Waals surface area contributed by atoms with Gasteiger partial charge in [-0.25, -0.2) is 0 Å². The maximum atomic E-state index is 13.0. The number of aryl methyl sites for hydroxylation is 1. The van der Waals surface area contributed by atoms with Crippen LogP contribution in [0.1, 0.15) is 38.8 Å². The minimum atomic E-state index is -0.193. The zero-order valence-electron chi connectivity index (χ0n) is 19.6. The van der Waals surface area contributed by atoms with Gasteiger partial charge >= 0.3 is 0 Å². The number of carbonyl (C=O) groups is 2. The molecule has 3 nitrogen and oxygen atoms in total. The molecule has 0 saturated heterocycles. The van der Waals surface area contributed by atoms with Gasteiger partial charge < -0.3 is 5.11 Å². The van der Waals surface area contributed by atoms with E-state index in [-0.39, 0.29) is 22.9 Å². The first-order valence-corrected chi connectivity index (χ1v) is 11.5. The molecule has 0 heterocycles. The van der Waals surface area contributed by atoms with Gasteiger partial charge in [0, 0.05) is 16.7 Å². The maximum Gasteiger partial charge on any atom is 0.197 e. The molecule has 170 valence electrons. The first-order chi connectivity index (χ1) is 16.9. The van der Waals surface area contributed by atoms with E-state index in [2.05, 4.69) is 0 Å². The minimum absolute atomic E-state index is 0.00548. The quantitative estimate of drug-likeness (QED) is 0.190. The predicted octanol–water partition coefficient (Wildman–Crippen LogP) is 7.71. The highest BCUT2D eigenvalue weighted by Gasteiger charge is 2.28. The van der Waals surface area contributed by atoms with Crippen molar-refractivity contribution in [3.8, 4) is 0 Å². The van der Waals surface area contributed by atoms with Gasteiger partial charge in [-0.05, 0) is 70.8 Å². The Labute approximate surface area is 204 Å². The van der Waals surface area contributed by atoms with Gasteiger partial charge in [-0.3, -0.25) is 9.59 Å². The Morgan fingerprint density at radius 2 is 1.34 bits per heavy atom. The second kappa shape index (κ2) is 9.03. The number of carbonyl (C=O) groups excluding carboxylic acids is 2. The predicted molar refractivity (Wildman–Crippen MR) is 143 cm³/mol. The van der Waals surface area contributed by atoms with Gasteiger partial charge in [-0.2, -0.15) is 0 Å². The van der Waals surface area contributed by atoms with E-state index in [1.165, 1.54) is 0 Å². The molecule has 1 N–H and O–H groups in total. The summed E-state index contributed by atoms with van der Waals surface area (Å²) in [6.07, 6.45) is 8.57. The molecular formula is C32H24O3. The number of hydrogen-bond donors (Lipinski definition) is 1. The molecule has 3 heteroatoms. The number of rotatable bonds is 5. The second-order valence-corrected chi connectivity index (χ2v) is 8.77. The monoisotopic (exact) mass is 456 g/mol. The summed E-state index contributed by atoms with van der Waals surface area (Å²) in [5.74, 6) is -0.216. The number of ketones is 2. The smallest absolute Gasteiger partial charge is 0.197 e. The summed E-state index contributed by atoms with van der Waals surface area (Å²) in [7, 11) is 0. The van der Waals surface area contributed by atoms with Gasteiger partial charge in [-0.15, -0.1) is 0 Å². The lowest BCUT2D eigenvalue weighted by molar-refractivity contribution is 0.102. The highest BCUT2D eigenvalue weighted by Crippen LogP contribution is 2.34. The third-order valence-electron chi connectivity index (χ3n) is 6.41. The maximum absolute atomic E-state index is 13.0. The fraction of sp³-hybridized carbons (Fsp3) is 0.0625. The van der Waals surface area contributed by atoms with Crippen LogP contribution in [-0.4, -0.2) is 16.7 Å². The van der Waals surface area contributed by atoms with E-state index < -0.39 is 0 Å². The molecule has 5 rings (SSSR count). The largest absolute Gasteiger partial charge is 0.507 e. The van der Waals surface area contributed by atoms with Gasteiger partial charge in [0.25, 0.3) is 0 Å². The topological polar surface area (TPSA) is 54.4 Å². The molecule has 35 heavy (non-hydrogen) atoms. The van der Waals surface area contributed by atoms with E-state index in [0.29, 0.717) is 22.3 Å². The van der Waals surface area contributed by atoms with E-state index in [0.717, 1.165) is 27.1 Å². The number of aliphatic hydroxyl groups is 1. The molecule has 0 aliphatic heterocycles. The zero-order valence-corrected chi connectivity index (χ0v) is 19.6. The van der Waals surface area contributed by atoms with Crippen LogP contribution in [0.25, 0.3) is 27.3 Å². The molecule has 0 amide bonds. The van der Waals surface area contributed by atoms with Gasteiger partial charge in [0.1, 0.15) is 5.76 Å². The number of fused-ring (bicyclic) bond motifs is 3. The van der Waals surface area contributed by atoms with Crippen molar-refractivity contribution in [2.24, 2.45) is 0 Å². The normalized spacial score (nSPS) is 14.1. The average molecular weight is 457 g/mol. The van der Waals surface area contributed by atoms with Crippen molar-refractivity contribution in [1.29, 1.82) is 0 Å². The van der Waals surface area contributed by atoms with Crippen LogP contribution in [0.15, 0.2) is 114 Å². The average Bonchev–Trinajstić information content (AvgIpc) is 3.10. The summed E-state index contributed by atoms with van der Waals surface area (Å²) in [5.41, 5.74) is 3.59. The SMILES string of the molecule is C\C(=C/C=C/C=C/C1=C(O)c2cc3ccccc3cc2C1=O)C(=O)c1cc2ccccc2cc1C. The lowest BCUT2D eigenvalue weighted by atomic mass is 9.96. The third kappa shape index (κ3) is 4.13. The fourth-order valence-corrected chi connectivity index (χ4v) is 4.48. The lowest BCUT2D eigenvalue weighted by Gasteiger charge is -2.07. The number of aliphatic hydroxyl groups excluding tert-OH is 1. The first-order valence-electron chi connectivity index (χ1n) is 11.5. The molecule has 0 spiro atoms. The van der Waals surface area contributed by atoms with Gasteiger partial charge in [0.2, 0.25) is 0 Å². The number of Topliss-reactive ketones (excluding diaryl/α,β-unsaturated/α-hetero) is 2. The van der Waals surface area contributed by atoms with Crippen molar-refractivity contribution in [1.82, 2.24) is 0 Å². The Morgan fingerprint density at radius 1 is 0.771 bits per heavy atom. The molecule has 1 aliphatic carbocycles. The van der Waals surface area contributed by atoms with Crippen LogP contribution >= 0.6 is 0 Å². The number of hydrogen-bond acceptors (Lipinski definition) is 3. The summed E-state index contributed by atoms with van der Waals surface area (Å²) in [6.45, 7) is 3.74.